The van der Waals surface area contributed by atoms with Crippen LogP contribution in [0.1, 0.15) is 36.5 Å². The lowest BCUT2D eigenvalue weighted by Crippen LogP contribution is -2.39. The van der Waals surface area contributed by atoms with Gasteiger partial charge < -0.3 is 16.0 Å². The van der Waals surface area contributed by atoms with Gasteiger partial charge in [-0.15, -0.1) is 0 Å². The molecular weight excluding hydrogens is 252 g/mol. The third-order valence-corrected chi connectivity index (χ3v) is 3.72. The Morgan fingerprint density at radius 1 is 1.60 bits per heavy atom. The van der Waals surface area contributed by atoms with Gasteiger partial charge in [0, 0.05) is 19.3 Å². The van der Waals surface area contributed by atoms with Crippen LogP contribution in [0.15, 0.2) is 18.3 Å². The first-order chi connectivity index (χ1) is 9.72. The summed E-state index contributed by atoms with van der Waals surface area (Å²) in [5.41, 5.74) is 5.98. The first-order valence-corrected chi connectivity index (χ1v) is 7.42. The average Bonchev–Trinajstić information content (AvgIpc) is 2.48. The second kappa shape index (κ2) is 7.24. The van der Waals surface area contributed by atoms with Gasteiger partial charge in [-0.25, -0.2) is 4.98 Å². The highest BCUT2D eigenvalue weighted by atomic mass is 16.1. The van der Waals surface area contributed by atoms with E-state index in [1.54, 1.807) is 18.3 Å². The van der Waals surface area contributed by atoms with Gasteiger partial charge in [0.15, 0.2) is 0 Å². The van der Waals surface area contributed by atoms with Gasteiger partial charge >= 0.3 is 0 Å². The number of hydrogen-bond acceptors (Lipinski definition) is 4. The first kappa shape index (κ1) is 14.8. The molecule has 1 aromatic rings. The number of nitrogens with two attached hydrogens (primary N) is 1. The molecule has 5 nitrogen and oxygen atoms in total. The van der Waals surface area contributed by atoms with Crippen molar-refractivity contribution in [3.63, 3.8) is 0 Å². The molecule has 1 amide bonds. The molecule has 0 aromatic carbocycles. The topological polar surface area (TPSA) is 71.2 Å². The normalized spacial score (nSPS) is 18.8. The summed E-state index contributed by atoms with van der Waals surface area (Å²) in [4.78, 5) is 18.2. The number of hydrogen-bond donors (Lipinski definition) is 2. The van der Waals surface area contributed by atoms with Gasteiger partial charge in [0.25, 0.3) is 5.91 Å². The number of nitrogens with zero attached hydrogens (tertiary/aromatic N) is 2. The highest BCUT2D eigenvalue weighted by Crippen LogP contribution is 2.20. The van der Waals surface area contributed by atoms with Crippen LogP contribution in [0.4, 0.5) is 5.82 Å². The molecule has 0 aliphatic carbocycles. The van der Waals surface area contributed by atoms with Crippen molar-refractivity contribution in [3.8, 4) is 0 Å². The Balaban J connectivity index is 2.16. The zero-order valence-electron chi connectivity index (χ0n) is 12.1. The Hall–Kier alpha value is -1.62. The second-order valence-electron chi connectivity index (χ2n) is 5.40. The Morgan fingerprint density at radius 2 is 2.45 bits per heavy atom. The van der Waals surface area contributed by atoms with Gasteiger partial charge in [-0.2, -0.15) is 0 Å². The van der Waals surface area contributed by atoms with Crippen LogP contribution < -0.4 is 16.0 Å². The Bertz CT molecular complexity index is 443. The number of nitrogens with one attached hydrogen (secondary N) is 1. The van der Waals surface area contributed by atoms with E-state index in [9.17, 15) is 4.79 Å². The molecule has 2 heterocycles. The predicted molar refractivity (Wildman–Crippen MR) is 80.9 cm³/mol. The van der Waals surface area contributed by atoms with E-state index in [0.717, 1.165) is 38.4 Å². The first-order valence-electron chi connectivity index (χ1n) is 7.42. The van der Waals surface area contributed by atoms with Crippen LogP contribution in [0.5, 0.6) is 0 Å². The zero-order chi connectivity index (χ0) is 14.4. The fourth-order valence-corrected chi connectivity index (χ4v) is 2.79. The van der Waals surface area contributed by atoms with Crippen LogP contribution >= 0.6 is 0 Å². The Labute approximate surface area is 120 Å². The molecule has 1 fully saturated rings. The van der Waals surface area contributed by atoms with Crippen molar-refractivity contribution in [1.29, 1.82) is 0 Å². The van der Waals surface area contributed by atoms with E-state index in [1.165, 1.54) is 12.8 Å². The van der Waals surface area contributed by atoms with Crippen LogP contribution in [0.25, 0.3) is 0 Å². The third kappa shape index (κ3) is 3.70. The number of anilines is 1. The highest BCUT2D eigenvalue weighted by Gasteiger charge is 2.20. The summed E-state index contributed by atoms with van der Waals surface area (Å²) in [5, 5.41) is 3.43. The fraction of sp³-hybridized carbons (Fsp3) is 0.600. The molecule has 0 radical (unpaired) electrons. The van der Waals surface area contributed by atoms with E-state index in [2.05, 4.69) is 22.1 Å². The van der Waals surface area contributed by atoms with Crippen LogP contribution in [0, 0.1) is 5.92 Å². The number of carbonyl (C=O) groups excluding carboxylic acids is 1. The van der Waals surface area contributed by atoms with E-state index < -0.39 is 5.91 Å². The largest absolute Gasteiger partial charge is 0.365 e. The van der Waals surface area contributed by atoms with Crippen molar-refractivity contribution < 1.29 is 4.79 Å². The van der Waals surface area contributed by atoms with E-state index in [0.29, 0.717) is 11.5 Å². The average molecular weight is 276 g/mol. The zero-order valence-corrected chi connectivity index (χ0v) is 12.1. The molecule has 0 bridgehead atoms. The predicted octanol–water partition coefficient (Wildman–Crippen LogP) is 1.40. The number of pyridine rings is 1. The van der Waals surface area contributed by atoms with E-state index in [-0.39, 0.29) is 0 Å². The molecule has 1 unspecified atom stereocenters. The SMILES string of the molecule is CCCN(CC1CCCNC1)c1ncccc1C(N)=O. The summed E-state index contributed by atoms with van der Waals surface area (Å²) < 4.78 is 0. The van der Waals surface area contributed by atoms with Crippen LogP contribution in [-0.4, -0.2) is 37.1 Å². The maximum atomic E-state index is 11.6. The lowest BCUT2D eigenvalue weighted by atomic mass is 9.98. The summed E-state index contributed by atoms with van der Waals surface area (Å²) in [6, 6.07) is 3.52. The summed E-state index contributed by atoms with van der Waals surface area (Å²) in [6.45, 7) is 6.12. The van der Waals surface area contributed by atoms with Crippen molar-refractivity contribution >= 4 is 11.7 Å². The Kier molecular flexibility index (Phi) is 5.35. The minimum atomic E-state index is -0.407. The maximum Gasteiger partial charge on any atom is 0.252 e. The molecule has 0 spiro atoms. The molecule has 1 aromatic heterocycles. The molecule has 2 rings (SSSR count). The number of aromatic nitrogens is 1. The molecular formula is C15H24N4O. The molecule has 20 heavy (non-hydrogen) atoms. The standard InChI is InChI=1S/C15H24N4O/c1-2-9-19(11-12-5-3-7-17-10-12)15-13(14(16)20)6-4-8-18-15/h4,6,8,12,17H,2-3,5,7,9-11H2,1H3,(H2,16,20). The van der Waals surface area contributed by atoms with Crippen LogP contribution in [0.2, 0.25) is 0 Å². The van der Waals surface area contributed by atoms with Gasteiger partial charge in [0.2, 0.25) is 0 Å². The smallest absolute Gasteiger partial charge is 0.252 e. The number of piperidine rings is 1. The quantitative estimate of drug-likeness (QED) is 0.824. The van der Waals surface area contributed by atoms with Gasteiger partial charge in [0.05, 0.1) is 5.56 Å². The summed E-state index contributed by atoms with van der Waals surface area (Å²) >= 11 is 0. The van der Waals surface area contributed by atoms with Crippen LogP contribution in [0.3, 0.4) is 0 Å². The van der Waals surface area contributed by atoms with Gasteiger partial charge in [-0.3, -0.25) is 4.79 Å². The minimum absolute atomic E-state index is 0.407. The van der Waals surface area contributed by atoms with Crippen molar-refractivity contribution in [1.82, 2.24) is 10.3 Å². The van der Waals surface area contributed by atoms with Gasteiger partial charge in [0.1, 0.15) is 5.82 Å². The molecule has 1 atom stereocenters. The van der Waals surface area contributed by atoms with Gasteiger partial charge in [-0.1, -0.05) is 6.92 Å². The lowest BCUT2D eigenvalue weighted by Gasteiger charge is -2.31. The molecule has 1 saturated heterocycles. The summed E-state index contributed by atoms with van der Waals surface area (Å²) in [6.07, 6.45) is 5.19. The van der Waals surface area contributed by atoms with E-state index >= 15 is 0 Å². The summed E-state index contributed by atoms with van der Waals surface area (Å²) in [7, 11) is 0. The third-order valence-electron chi connectivity index (χ3n) is 3.72. The van der Waals surface area contributed by atoms with E-state index in [1.807, 2.05) is 0 Å². The molecule has 3 N–H and O–H groups in total. The second-order valence-corrected chi connectivity index (χ2v) is 5.40. The van der Waals surface area contributed by atoms with E-state index in [4.69, 9.17) is 5.73 Å². The van der Waals surface area contributed by atoms with Crippen LogP contribution in [-0.2, 0) is 0 Å². The van der Waals surface area contributed by atoms with Crippen molar-refractivity contribution in [3.05, 3.63) is 23.9 Å². The number of primary amides is 1. The minimum Gasteiger partial charge on any atom is -0.365 e. The number of rotatable bonds is 6. The number of amides is 1. The Morgan fingerprint density at radius 3 is 3.10 bits per heavy atom. The maximum absolute atomic E-state index is 11.6. The summed E-state index contributed by atoms with van der Waals surface area (Å²) in [5.74, 6) is 0.932. The lowest BCUT2D eigenvalue weighted by molar-refractivity contribution is 0.100. The number of carbonyl (C=O) groups is 1. The highest BCUT2D eigenvalue weighted by molar-refractivity contribution is 5.97. The molecule has 0 saturated carbocycles. The van der Waals surface area contributed by atoms with Crippen molar-refractivity contribution in [2.24, 2.45) is 11.7 Å². The molecule has 1 aliphatic rings. The fourth-order valence-electron chi connectivity index (χ4n) is 2.79. The van der Waals surface area contributed by atoms with Gasteiger partial charge in [-0.05, 0) is 50.4 Å². The molecule has 5 heteroatoms. The molecule has 110 valence electrons. The molecule has 1 aliphatic heterocycles. The van der Waals surface area contributed by atoms with Crippen molar-refractivity contribution in [2.45, 2.75) is 26.2 Å². The van der Waals surface area contributed by atoms with Crippen molar-refractivity contribution in [2.75, 3.05) is 31.1 Å². The monoisotopic (exact) mass is 276 g/mol.